The van der Waals surface area contributed by atoms with E-state index in [4.69, 9.17) is 0 Å². The van der Waals surface area contributed by atoms with E-state index >= 15 is 0 Å². The van der Waals surface area contributed by atoms with Crippen molar-refractivity contribution in [2.24, 2.45) is 0 Å². The number of benzene rings is 2. The van der Waals surface area contributed by atoms with E-state index in [0.29, 0.717) is 13.1 Å². The highest BCUT2D eigenvalue weighted by molar-refractivity contribution is 5.78. The molecule has 3 rings (SSSR count). The summed E-state index contributed by atoms with van der Waals surface area (Å²) in [4.78, 5) is 14.3. The van der Waals surface area contributed by atoms with E-state index in [2.05, 4.69) is 36.2 Å². The van der Waals surface area contributed by atoms with Crippen molar-refractivity contribution in [2.45, 2.75) is 33.5 Å². The number of aryl methyl sites for hydroxylation is 2. The summed E-state index contributed by atoms with van der Waals surface area (Å²) in [6, 6.07) is 14.5. The Balaban J connectivity index is 1.53. The Labute approximate surface area is 132 Å². The van der Waals surface area contributed by atoms with Crippen molar-refractivity contribution < 1.29 is 4.79 Å². The predicted molar refractivity (Wildman–Crippen MR) is 88.3 cm³/mol. The first-order valence-corrected chi connectivity index (χ1v) is 7.74. The van der Waals surface area contributed by atoms with Gasteiger partial charge in [0.25, 0.3) is 0 Å². The van der Waals surface area contributed by atoms with Gasteiger partial charge in [-0.3, -0.25) is 9.69 Å². The van der Waals surface area contributed by atoms with Crippen molar-refractivity contribution >= 4 is 5.91 Å². The van der Waals surface area contributed by atoms with Crippen LogP contribution in [-0.2, 0) is 24.4 Å². The zero-order valence-electron chi connectivity index (χ0n) is 13.2. The van der Waals surface area contributed by atoms with Crippen LogP contribution in [0.5, 0.6) is 0 Å². The van der Waals surface area contributed by atoms with E-state index in [1.807, 2.05) is 30.3 Å². The minimum Gasteiger partial charge on any atom is -0.351 e. The molecule has 1 N–H and O–H groups in total. The van der Waals surface area contributed by atoms with Crippen LogP contribution in [0.1, 0.15) is 27.8 Å². The van der Waals surface area contributed by atoms with Crippen molar-refractivity contribution in [1.29, 1.82) is 0 Å². The molecule has 2 aromatic rings. The van der Waals surface area contributed by atoms with Gasteiger partial charge in [0.15, 0.2) is 0 Å². The molecule has 0 aromatic heterocycles. The number of nitrogens with zero attached hydrogens (tertiary/aromatic N) is 1. The molecule has 1 amide bonds. The van der Waals surface area contributed by atoms with Crippen LogP contribution < -0.4 is 5.32 Å². The lowest BCUT2D eigenvalue weighted by Crippen LogP contribution is -2.34. The second kappa shape index (κ2) is 6.32. The molecule has 0 fully saturated rings. The Kier molecular flexibility index (Phi) is 4.25. The lowest BCUT2D eigenvalue weighted by molar-refractivity contribution is -0.122. The molecule has 0 aliphatic carbocycles. The minimum atomic E-state index is 0.0881. The van der Waals surface area contributed by atoms with Gasteiger partial charge in [0.05, 0.1) is 6.54 Å². The Morgan fingerprint density at radius 2 is 1.64 bits per heavy atom. The molecule has 114 valence electrons. The van der Waals surface area contributed by atoms with Crippen LogP contribution in [0.2, 0.25) is 0 Å². The van der Waals surface area contributed by atoms with Gasteiger partial charge in [-0.05, 0) is 41.7 Å². The summed E-state index contributed by atoms with van der Waals surface area (Å²) in [6.45, 7) is 7.08. The zero-order chi connectivity index (χ0) is 15.5. The average Bonchev–Trinajstić information content (AvgIpc) is 2.88. The van der Waals surface area contributed by atoms with Crippen molar-refractivity contribution in [1.82, 2.24) is 10.2 Å². The number of hydrogen-bond acceptors (Lipinski definition) is 2. The fourth-order valence-electron chi connectivity index (χ4n) is 2.94. The molecule has 0 radical (unpaired) electrons. The van der Waals surface area contributed by atoms with Gasteiger partial charge in [-0.25, -0.2) is 0 Å². The maximum atomic E-state index is 12.1. The Hall–Kier alpha value is -2.13. The van der Waals surface area contributed by atoms with Crippen molar-refractivity contribution in [3.8, 4) is 0 Å². The molecule has 3 heteroatoms. The molecule has 1 aliphatic rings. The molecule has 2 aromatic carbocycles. The summed E-state index contributed by atoms with van der Waals surface area (Å²) >= 11 is 0. The quantitative estimate of drug-likeness (QED) is 0.940. The summed E-state index contributed by atoms with van der Waals surface area (Å²) in [5, 5.41) is 2.99. The van der Waals surface area contributed by atoms with E-state index in [-0.39, 0.29) is 5.91 Å². The standard InChI is InChI=1S/C19H22N2O/c1-14-8-17-11-21(12-18(17)9-15(14)2)13-19(22)20-10-16-6-4-3-5-7-16/h3-9H,10-13H2,1-2H3,(H,20,22). The molecular weight excluding hydrogens is 272 g/mol. The zero-order valence-corrected chi connectivity index (χ0v) is 13.2. The third kappa shape index (κ3) is 3.37. The highest BCUT2D eigenvalue weighted by Crippen LogP contribution is 2.25. The molecule has 3 nitrogen and oxygen atoms in total. The molecule has 0 saturated heterocycles. The minimum absolute atomic E-state index is 0.0881. The Morgan fingerprint density at radius 3 is 2.23 bits per heavy atom. The van der Waals surface area contributed by atoms with Crippen molar-refractivity contribution in [3.63, 3.8) is 0 Å². The normalized spacial score (nSPS) is 13.9. The Bertz CT molecular complexity index is 648. The van der Waals surface area contributed by atoms with Crippen molar-refractivity contribution in [3.05, 3.63) is 70.3 Å². The lowest BCUT2D eigenvalue weighted by atomic mass is 10.0. The number of carbonyl (C=O) groups excluding carboxylic acids is 1. The molecule has 1 aliphatic heterocycles. The second-order valence-corrected chi connectivity index (χ2v) is 6.11. The van der Waals surface area contributed by atoms with Crippen LogP contribution in [-0.4, -0.2) is 17.4 Å². The van der Waals surface area contributed by atoms with Gasteiger partial charge in [0.2, 0.25) is 5.91 Å². The number of rotatable bonds is 4. The third-order valence-electron chi connectivity index (χ3n) is 4.30. The first kappa shape index (κ1) is 14.8. The molecule has 1 heterocycles. The van der Waals surface area contributed by atoms with E-state index in [9.17, 15) is 4.79 Å². The van der Waals surface area contributed by atoms with E-state index in [1.165, 1.54) is 22.3 Å². The molecule has 0 atom stereocenters. The van der Waals surface area contributed by atoms with Crippen LogP contribution >= 0.6 is 0 Å². The largest absolute Gasteiger partial charge is 0.351 e. The molecule has 22 heavy (non-hydrogen) atoms. The van der Waals surface area contributed by atoms with E-state index in [1.54, 1.807) is 0 Å². The fourth-order valence-corrected chi connectivity index (χ4v) is 2.94. The number of fused-ring (bicyclic) bond motifs is 1. The summed E-state index contributed by atoms with van der Waals surface area (Å²) in [5.74, 6) is 0.0881. The van der Waals surface area contributed by atoms with Crippen LogP contribution in [0.25, 0.3) is 0 Å². The van der Waals surface area contributed by atoms with Gasteiger partial charge in [0.1, 0.15) is 0 Å². The molecule has 0 unspecified atom stereocenters. The van der Waals surface area contributed by atoms with Crippen LogP contribution in [0.4, 0.5) is 0 Å². The predicted octanol–water partition coefficient (Wildman–Crippen LogP) is 2.94. The smallest absolute Gasteiger partial charge is 0.234 e. The van der Waals surface area contributed by atoms with Crippen molar-refractivity contribution in [2.75, 3.05) is 6.54 Å². The molecular formula is C19H22N2O. The number of nitrogens with one attached hydrogen (secondary N) is 1. The van der Waals surface area contributed by atoms with Gasteiger partial charge in [-0.1, -0.05) is 42.5 Å². The maximum Gasteiger partial charge on any atom is 0.234 e. The SMILES string of the molecule is Cc1cc2c(cc1C)CN(CC(=O)NCc1ccccc1)C2. The lowest BCUT2D eigenvalue weighted by Gasteiger charge is -2.14. The topological polar surface area (TPSA) is 32.3 Å². The first-order valence-electron chi connectivity index (χ1n) is 7.74. The summed E-state index contributed by atoms with van der Waals surface area (Å²) in [5.41, 5.74) is 6.51. The maximum absolute atomic E-state index is 12.1. The number of hydrogen-bond donors (Lipinski definition) is 1. The second-order valence-electron chi connectivity index (χ2n) is 6.11. The number of carbonyl (C=O) groups is 1. The van der Waals surface area contributed by atoms with Gasteiger partial charge < -0.3 is 5.32 Å². The first-order chi connectivity index (χ1) is 10.6. The number of amides is 1. The molecule has 0 saturated carbocycles. The molecule has 0 bridgehead atoms. The van der Waals surface area contributed by atoms with Gasteiger partial charge >= 0.3 is 0 Å². The summed E-state index contributed by atoms with van der Waals surface area (Å²) in [7, 11) is 0. The van der Waals surface area contributed by atoms with Gasteiger partial charge in [-0.15, -0.1) is 0 Å². The molecule has 0 spiro atoms. The monoisotopic (exact) mass is 294 g/mol. The van der Waals surface area contributed by atoms with Crippen LogP contribution in [0.15, 0.2) is 42.5 Å². The average molecular weight is 294 g/mol. The summed E-state index contributed by atoms with van der Waals surface area (Å²) < 4.78 is 0. The van der Waals surface area contributed by atoms with Crippen LogP contribution in [0, 0.1) is 13.8 Å². The van der Waals surface area contributed by atoms with E-state index < -0.39 is 0 Å². The van der Waals surface area contributed by atoms with E-state index in [0.717, 1.165) is 18.7 Å². The Morgan fingerprint density at radius 1 is 1.05 bits per heavy atom. The van der Waals surface area contributed by atoms with Gasteiger partial charge in [-0.2, -0.15) is 0 Å². The van der Waals surface area contributed by atoms with Gasteiger partial charge in [0, 0.05) is 19.6 Å². The fraction of sp³-hybridized carbons (Fsp3) is 0.316. The summed E-state index contributed by atoms with van der Waals surface area (Å²) in [6.07, 6.45) is 0. The highest BCUT2D eigenvalue weighted by Gasteiger charge is 2.21. The third-order valence-corrected chi connectivity index (χ3v) is 4.30. The highest BCUT2D eigenvalue weighted by atomic mass is 16.2. The van der Waals surface area contributed by atoms with Crippen LogP contribution in [0.3, 0.4) is 0 Å².